The molecule has 58 heavy (non-hydrogen) atoms. The highest BCUT2D eigenvalue weighted by Gasteiger charge is 2.17. The van der Waals surface area contributed by atoms with Crippen LogP contribution in [0.5, 0.6) is 0 Å². The van der Waals surface area contributed by atoms with Gasteiger partial charge in [-0.1, -0.05) is 121 Å². The van der Waals surface area contributed by atoms with Gasteiger partial charge in [-0.3, -0.25) is 0 Å². The maximum absolute atomic E-state index is 3.77. The molecule has 0 saturated heterocycles. The maximum atomic E-state index is 3.77. The van der Waals surface area contributed by atoms with E-state index in [1.54, 1.807) is 0 Å². The summed E-state index contributed by atoms with van der Waals surface area (Å²) in [6.45, 7) is 2.22. The number of benzene rings is 9. The molecule has 11 rings (SSSR count). The monoisotopic (exact) mass is 741 g/mol. The third-order valence-corrected chi connectivity index (χ3v) is 11.6. The van der Waals surface area contributed by atoms with Gasteiger partial charge in [0.25, 0.3) is 0 Å². The molecule has 0 spiro atoms. The molecule has 0 aliphatic rings. The lowest BCUT2D eigenvalue weighted by atomic mass is 9.91. The topological polar surface area (TPSA) is 21.9 Å². The molecular formula is C55H39N3. The molecule has 2 heterocycles. The zero-order valence-corrected chi connectivity index (χ0v) is 32.1. The molecule has 0 radical (unpaired) electrons. The predicted molar refractivity (Wildman–Crippen MR) is 246 cm³/mol. The van der Waals surface area contributed by atoms with Gasteiger partial charge in [-0.25, -0.2) is 0 Å². The second-order valence-electron chi connectivity index (χ2n) is 15.1. The number of fused-ring (bicyclic) bond motifs is 6. The summed E-state index contributed by atoms with van der Waals surface area (Å²) in [4.78, 5) is 0. The molecule has 0 atom stereocenters. The first kappa shape index (κ1) is 33.7. The van der Waals surface area contributed by atoms with Crippen LogP contribution >= 0.6 is 0 Å². The molecule has 0 amide bonds. The van der Waals surface area contributed by atoms with E-state index in [-0.39, 0.29) is 0 Å². The fourth-order valence-corrected chi connectivity index (χ4v) is 8.84. The van der Waals surface area contributed by atoms with Crippen molar-refractivity contribution in [1.82, 2.24) is 9.13 Å². The van der Waals surface area contributed by atoms with Crippen LogP contribution in [0.3, 0.4) is 0 Å². The first-order valence-electron chi connectivity index (χ1n) is 19.9. The lowest BCUT2D eigenvalue weighted by Crippen LogP contribution is -1.96. The molecule has 3 heteroatoms. The molecular weight excluding hydrogens is 703 g/mol. The summed E-state index contributed by atoms with van der Waals surface area (Å²) in [6, 6.07) is 76.8. The van der Waals surface area contributed by atoms with Crippen LogP contribution < -0.4 is 5.32 Å². The van der Waals surface area contributed by atoms with Crippen molar-refractivity contribution in [2.24, 2.45) is 0 Å². The Labute approximate surface area is 337 Å². The molecule has 3 nitrogen and oxygen atoms in total. The number of hydrogen-bond donors (Lipinski definition) is 1. The normalized spacial score (nSPS) is 11.5. The van der Waals surface area contributed by atoms with Crippen LogP contribution in [-0.4, -0.2) is 9.13 Å². The SMILES string of the molecule is Cc1ccc(-c2ccc3c(c2)c2ccccc2n3-c2ccccc2)cc1-c1cc(-c2ccc3c(c2)c2ccccc2n3-c2ccccc2)ccc1Nc1ccccc1. The molecule has 0 aliphatic carbocycles. The second-order valence-corrected chi connectivity index (χ2v) is 15.1. The summed E-state index contributed by atoms with van der Waals surface area (Å²) in [5.41, 5.74) is 17.6. The summed E-state index contributed by atoms with van der Waals surface area (Å²) in [7, 11) is 0. The van der Waals surface area contributed by atoms with Gasteiger partial charge < -0.3 is 14.5 Å². The van der Waals surface area contributed by atoms with Crippen molar-refractivity contribution < 1.29 is 0 Å². The van der Waals surface area contributed by atoms with Gasteiger partial charge in [-0.15, -0.1) is 0 Å². The average molecular weight is 742 g/mol. The lowest BCUT2D eigenvalue weighted by Gasteiger charge is -2.18. The Bertz CT molecular complexity index is 3300. The van der Waals surface area contributed by atoms with E-state index in [2.05, 4.69) is 234 Å². The van der Waals surface area contributed by atoms with Gasteiger partial charge in [-0.05, 0) is 131 Å². The van der Waals surface area contributed by atoms with Gasteiger partial charge in [0.05, 0.1) is 22.1 Å². The van der Waals surface area contributed by atoms with Crippen LogP contribution in [0.2, 0.25) is 0 Å². The van der Waals surface area contributed by atoms with E-state index >= 15 is 0 Å². The zero-order chi connectivity index (χ0) is 38.6. The van der Waals surface area contributed by atoms with E-state index in [9.17, 15) is 0 Å². The minimum atomic E-state index is 1.06. The van der Waals surface area contributed by atoms with Crippen molar-refractivity contribution in [2.45, 2.75) is 6.92 Å². The third-order valence-electron chi connectivity index (χ3n) is 11.6. The molecule has 0 bridgehead atoms. The molecule has 2 aromatic heterocycles. The lowest BCUT2D eigenvalue weighted by molar-refractivity contribution is 1.18. The zero-order valence-electron chi connectivity index (χ0n) is 32.1. The Morgan fingerprint density at radius 1 is 0.328 bits per heavy atom. The molecule has 0 unspecified atom stereocenters. The van der Waals surface area contributed by atoms with Crippen LogP contribution in [0.15, 0.2) is 212 Å². The van der Waals surface area contributed by atoms with Crippen molar-refractivity contribution in [3.05, 3.63) is 218 Å². The Kier molecular flexibility index (Phi) is 8.04. The molecule has 11 aromatic rings. The van der Waals surface area contributed by atoms with Gasteiger partial charge in [0.1, 0.15) is 0 Å². The highest BCUT2D eigenvalue weighted by molar-refractivity contribution is 6.12. The van der Waals surface area contributed by atoms with Gasteiger partial charge in [0, 0.05) is 49.9 Å². The quantitative estimate of drug-likeness (QED) is 0.173. The van der Waals surface area contributed by atoms with Crippen LogP contribution in [0, 0.1) is 6.92 Å². The number of aromatic nitrogens is 2. The molecule has 274 valence electrons. The van der Waals surface area contributed by atoms with Gasteiger partial charge in [0.15, 0.2) is 0 Å². The van der Waals surface area contributed by atoms with Gasteiger partial charge in [0.2, 0.25) is 0 Å². The molecule has 0 saturated carbocycles. The van der Waals surface area contributed by atoms with Crippen molar-refractivity contribution in [1.29, 1.82) is 0 Å². The molecule has 0 aliphatic heterocycles. The number of anilines is 2. The Balaban J connectivity index is 1.06. The van der Waals surface area contributed by atoms with Crippen molar-refractivity contribution >= 4 is 55.0 Å². The fourth-order valence-electron chi connectivity index (χ4n) is 8.84. The van der Waals surface area contributed by atoms with E-state index in [4.69, 9.17) is 0 Å². The number of para-hydroxylation sites is 5. The number of nitrogens with zero attached hydrogens (tertiary/aromatic N) is 2. The first-order chi connectivity index (χ1) is 28.7. The fraction of sp³-hybridized carbons (Fsp3) is 0.0182. The summed E-state index contributed by atoms with van der Waals surface area (Å²) >= 11 is 0. The van der Waals surface area contributed by atoms with E-state index < -0.39 is 0 Å². The summed E-state index contributed by atoms with van der Waals surface area (Å²) in [6.07, 6.45) is 0. The van der Waals surface area contributed by atoms with Crippen molar-refractivity contribution in [2.75, 3.05) is 5.32 Å². The van der Waals surface area contributed by atoms with E-state index in [0.29, 0.717) is 0 Å². The molecule has 9 aromatic carbocycles. The highest BCUT2D eigenvalue weighted by Crippen LogP contribution is 2.41. The van der Waals surface area contributed by atoms with Gasteiger partial charge in [-0.2, -0.15) is 0 Å². The Hall–Kier alpha value is -7.62. The first-order valence-corrected chi connectivity index (χ1v) is 19.9. The van der Waals surface area contributed by atoms with Crippen LogP contribution in [0.25, 0.3) is 88.4 Å². The minimum absolute atomic E-state index is 1.06. The van der Waals surface area contributed by atoms with Crippen molar-refractivity contribution in [3.63, 3.8) is 0 Å². The van der Waals surface area contributed by atoms with E-state index in [0.717, 1.165) is 22.6 Å². The summed E-state index contributed by atoms with van der Waals surface area (Å²) in [5, 5.41) is 8.76. The Morgan fingerprint density at radius 3 is 1.29 bits per heavy atom. The van der Waals surface area contributed by atoms with Crippen LogP contribution in [-0.2, 0) is 0 Å². The smallest absolute Gasteiger partial charge is 0.0541 e. The highest BCUT2D eigenvalue weighted by atomic mass is 15.0. The second kappa shape index (κ2) is 13.8. The standard InChI is InChI=1S/C55H39N3/c1-37-25-26-38(40-28-31-54-49(35-40)45-21-11-13-23-52(45)57(54)43-17-7-3-8-18-43)33-47(37)48-34-39(27-30-51(48)56-42-15-5-2-6-16-42)41-29-32-55-50(36-41)46-22-12-14-24-53(46)58(55)44-19-9-4-10-20-44/h2-36,56H,1H3. The van der Waals surface area contributed by atoms with E-state index in [1.807, 2.05) is 0 Å². The third kappa shape index (κ3) is 5.67. The number of rotatable bonds is 7. The van der Waals surface area contributed by atoms with Crippen LogP contribution in [0.1, 0.15) is 5.56 Å². The summed E-state index contributed by atoms with van der Waals surface area (Å²) < 4.78 is 4.75. The molecule has 0 fully saturated rings. The van der Waals surface area contributed by atoms with Crippen LogP contribution in [0.4, 0.5) is 11.4 Å². The van der Waals surface area contributed by atoms with Gasteiger partial charge >= 0.3 is 0 Å². The number of hydrogen-bond acceptors (Lipinski definition) is 1. The summed E-state index contributed by atoms with van der Waals surface area (Å²) in [5.74, 6) is 0. The number of nitrogens with one attached hydrogen (secondary N) is 1. The minimum Gasteiger partial charge on any atom is -0.355 e. The largest absolute Gasteiger partial charge is 0.355 e. The maximum Gasteiger partial charge on any atom is 0.0541 e. The van der Waals surface area contributed by atoms with E-state index in [1.165, 1.54) is 82.7 Å². The number of aryl methyl sites for hydroxylation is 1. The Morgan fingerprint density at radius 2 is 0.741 bits per heavy atom. The van der Waals surface area contributed by atoms with Crippen molar-refractivity contribution in [3.8, 4) is 44.8 Å². The average Bonchev–Trinajstić information content (AvgIpc) is 3.80. The molecule has 1 N–H and O–H groups in total. The predicted octanol–water partition coefficient (Wildman–Crippen LogP) is 14.9.